The normalized spacial score (nSPS) is 16.4. The molecular weight excluding hydrogens is 392 g/mol. The summed E-state index contributed by atoms with van der Waals surface area (Å²) in [5.74, 6) is 1.39. The lowest BCUT2D eigenvalue weighted by Crippen LogP contribution is -3.15. The topological polar surface area (TPSA) is 61.2 Å². The number of benzene rings is 2. The molecule has 0 aromatic heterocycles. The van der Waals surface area contributed by atoms with Crippen LogP contribution in [0, 0.1) is 0 Å². The lowest BCUT2D eigenvalue weighted by atomic mass is 9.95. The third-order valence-electron chi connectivity index (χ3n) is 5.92. The third kappa shape index (κ3) is 5.99. The number of hydrogen-bond donors (Lipinski definition) is 2. The van der Waals surface area contributed by atoms with Crippen molar-refractivity contribution in [1.82, 2.24) is 5.32 Å². The second kappa shape index (κ2) is 11.7. The summed E-state index contributed by atoms with van der Waals surface area (Å²) in [5, 5.41) is 3.23. The van der Waals surface area contributed by atoms with E-state index >= 15 is 0 Å². The van der Waals surface area contributed by atoms with Crippen molar-refractivity contribution in [2.24, 2.45) is 0 Å². The molecule has 1 heterocycles. The van der Waals surface area contributed by atoms with E-state index in [4.69, 9.17) is 14.2 Å². The number of rotatable bonds is 10. The van der Waals surface area contributed by atoms with E-state index in [0.717, 1.165) is 55.4 Å². The van der Waals surface area contributed by atoms with Gasteiger partial charge in [0, 0.05) is 5.56 Å². The lowest BCUT2D eigenvalue weighted by molar-refractivity contribution is -0.937. The van der Waals surface area contributed by atoms with Crippen LogP contribution in [0.25, 0.3) is 0 Å². The summed E-state index contributed by atoms with van der Waals surface area (Å²) in [5.41, 5.74) is 2.19. The molecule has 2 N–H and O–H groups in total. The van der Waals surface area contributed by atoms with Gasteiger partial charge in [-0.3, -0.25) is 4.79 Å². The minimum atomic E-state index is -0.142. The van der Waals surface area contributed by atoms with Crippen LogP contribution in [0.2, 0.25) is 0 Å². The van der Waals surface area contributed by atoms with Gasteiger partial charge in [-0.05, 0) is 37.1 Å². The van der Waals surface area contributed by atoms with E-state index in [1.807, 2.05) is 49.4 Å². The zero-order valence-corrected chi connectivity index (χ0v) is 18.9. The fourth-order valence-electron chi connectivity index (χ4n) is 4.24. The average molecular weight is 428 g/mol. The summed E-state index contributed by atoms with van der Waals surface area (Å²) in [6, 6.07) is 16.2. The Labute approximate surface area is 185 Å². The predicted octanol–water partition coefficient (Wildman–Crippen LogP) is 2.36. The number of ether oxygens (including phenoxy) is 3. The number of methoxy groups -OCH3 is 1. The fourth-order valence-corrected chi connectivity index (χ4v) is 4.24. The van der Waals surface area contributed by atoms with Crippen molar-refractivity contribution < 1.29 is 23.9 Å². The summed E-state index contributed by atoms with van der Waals surface area (Å²) in [6.45, 7) is 8.44. The highest BCUT2D eigenvalue weighted by Gasteiger charge is 2.29. The molecule has 6 nitrogen and oxygen atoms in total. The Morgan fingerprint density at radius 1 is 1.06 bits per heavy atom. The first-order valence-corrected chi connectivity index (χ1v) is 11.2. The first-order chi connectivity index (χ1) is 15.2. The van der Waals surface area contributed by atoms with Crippen LogP contribution >= 0.6 is 0 Å². The van der Waals surface area contributed by atoms with Crippen molar-refractivity contribution in [1.29, 1.82) is 0 Å². The van der Waals surface area contributed by atoms with Crippen LogP contribution in [0.1, 0.15) is 43.4 Å². The summed E-state index contributed by atoms with van der Waals surface area (Å²) in [4.78, 5) is 14.5. The maximum Gasteiger partial charge on any atom is 0.227 e. The van der Waals surface area contributed by atoms with Crippen molar-refractivity contribution >= 4 is 5.91 Å². The molecule has 0 saturated carbocycles. The number of carbonyl (C=O) groups excluding carboxylic acids is 1. The maximum atomic E-state index is 13.1. The molecule has 0 spiro atoms. The van der Waals surface area contributed by atoms with Crippen LogP contribution in [0.5, 0.6) is 11.5 Å². The smallest absolute Gasteiger partial charge is 0.227 e. The second-order valence-electron chi connectivity index (χ2n) is 7.78. The van der Waals surface area contributed by atoms with Gasteiger partial charge in [0.2, 0.25) is 5.91 Å². The first-order valence-electron chi connectivity index (χ1n) is 11.2. The molecule has 1 saturated heterocycles. The Morgan fingerprint density at radius 2 is 1.81 bits per heavy atom. The molecule has 0 unspecified atom stereocenters. The molecule has 31 heavy (non-hydrogen) atoms. The zero-order valence-electron chi connectivity index (χ0n) is 18.9. The Bertz CT molecular complexity index is 822. The molecule has 2 aromatic carbocycles. The van der Waals surface area contributed by atoms with E-state index in [1.54, 1.807) is 7.11 Å². The average Bonchev–Trinajstić information content (AvgIpc) is 2.82. The molecule has 1 aliphatic rings. The van der Waals surface area contributed by atoms with Gasteiger partial charge < -0.3 is 24.4 Å². The Hall–Kier alpha value is -2.57. The highest BCUT2D eigenvalue weighted by molar-refractivity contribution is 5.83. The van der Waals surface area contributed by atoms with Crippen LogP contribution in [-0.4, -0.2) is 52.5 Å². The van der Waals surface area contributed by atoms with Gasteiger partial charge in [-0.25, -0.2) is 0 Å². The quantitative estimate of drug-likeness (QED) is 0.611. The number of amides is 1. The van der Waals surface area contributed by atoms with Gasteiger partial charge in [-0.1, -0.05) is 37.3 Å². The van der Waals surface area contributed by atoms with Gasteiger partial charge in [0.25, 0.3) is 0 Å². The Balaban J connectivity index is 1.79. The standard InChI is InChI=1S/C25H34N2O4/c1-4-21(19-9-7-6-8-10-19)25(28)26-18-22(27-13-15-30-16-14-27)20-11-12-23(31-5-2)24(17-20)29-3/h6-12,17,21-22H,4-5,13-16,18H2,1-3H3,(H,26,28)/p+1/t21-,22+/m1/s1. The molecule has 1 amide bonds. The second-order valence-corrected chi connectivity index (χ2v) is 7.78. The van der Waals surface area contributed by atoms with Crippen molar-refractivity contribution in [2.45, 2.75) is 32.2 Å². The Kier molecular flexibility index (Phi) is 8.74. The van der Waals surface area contributed by atoms with E-state index < -0.39 is 0 Å². The van der Waals surface area contributed by atoms with Crippen molar-refractivity contribution in [3.8, 4) is 11.5 Å². The minimum absolute atomic E-state index is 0.0734. The number of nitrogens with one attached hydrogen (secondary N) is 2. The molecule has 3 rings (SSSR count). The minimum Gasteiger partial charge on any atom is -0.493 e. The Morgan fingerprint density at radius 3 is 2.45 bits per heavy atom. The fraction of sp³-hybridized carbons (Fsp3) is 0.480. The van der Waals surface area contributed by atoms with Crippen LogP contribution in [0.4, 0.5) is 0 Å². The van der Waals surface area contributed by atoms with Gasteiger partial charge >= 0.3 is 0 Å². The third-order valence-corrected chi connectivity index (χ3v) is 5.92. The first kappa shape index (κ1) is 23.1. The van der Waals surface area contributed by atoms with E-state index in [1.165, 1.54) is 4.90 Å². The summed E-state index contributed by atoms with van der Waals surface area (Å²) in [7, 11) is 1.66. The molecular formula is C25H35N2O4+. The molecule has 1 aliphatic heterocycles. The van der Waals surface area contributed by atoms with Crippen molar-refractivity contribution in [3.63, 3.8) is 0 Å². The van der Waals surface area contributed by atoms with Crippen LogP contribution < -0.4 is 19.7 Å². The SMILES string of the molecule is CCOc1ccc([C@H](CNC(=O)[C@H](CC)c2ccccc2)[NH+]2CCOCC2)cc1OC. The summed E-state index contributed by atoms with van der Waals surface area (Å²) >= 11 is 0. The molecule has 1 fully saturated rings. The molecule has 2 atom stereocenters. The molecule has 2 aromatic rings. The largest absolute Gasteiger partial charge is 0.493 e. The van der Waals surface area contributed by atoms with Crippen LogP contribution in [0.15, 0.2) is 48.5 Å². The van der Waals surface area contributed by atoms with E-state index in [-0.39, 0.29) is 17.9 Å². The highest BCUT2D eigenvalue weighted by atomic mass is 16.5. The number of quaternary nitrogens is 1. The lowest BCUT2D eigenvalue weighted by Gasteiger charge is -2.32. The maximum absolute atomic E-state index is 13.1. The number of hydrogen-bond acceptors (Lipinski definition) is 4. The van der Waals surface area contributed by atoms with Gasteiger partial charge in [0.05, 0.1) is 39.4 Å². The monoisotopic (exact) mass is 427 g/mol. The number of morpholine rings is 1. The highest BCUT2D eigenvalue weighted by Crippen LogP contribution is 2.30. The van der Waals surface area contributed by atoms with Gasteiger partial charge in [-0.2, -0.15) is 0 Å². The summed E-state index contributed by atoms with van der Waals surface area (Å²) < 4.78 is 16.8. The van der Waals surface area contributed by atoms with E-state index in [9.17, 15) is 4.79 Å². The van der Waals surface area contributed by atoms with Gasteiger partial charge in [-0.15, -0.1) is 0 Å². The molecule has 6 heteroatoms. The van der Waals surface area contributed by atoms with Crippen molar-refractivity contribution in [2.75, 3.05) is 46.6 Å². The molecule has 0 bridgehead atoms. The summed E-state index contributed by atoms with van der Waals surface area (Å²) in [6.07, 6.45) is 0.766. The molecule has 0 radical (unpaired) electrons. The van der Waals surface area contributed by atoms with Crippen LogP contribution in [-0.2, 0) is 9.53 Å². The molecule has 0 aliphatic carbocycles. The predicted molar refractivity (Wildman–Crippen MR) is 121 cm³/mol. The number of carbonyl (C=O) groups is 1. The van der Waals surface area contributed by atoms with E-state index in [0.29, 0.717) is 13.2 Å². The van der Waals surface area contributed by atoms with Gasteiger partial charge in [0.1, 0.15) is 19.1 Å². The van der Waals surface area contributed by atoms with Crippen LogP contribution in [0.3, 0.4) is 0 Å². The van der Waals surface area contributed by atoms with Crippen molar-refractivity contribution in [3.05, 3.63) is 59.7 Å². The van der Waals surface area contributed by atoms with Gasteiger partial charge in [0.15, 0.2) is 11.5 Å². The molecule has 168 valence electrons. The zero-order chi connectivity index (χ0) is 22.1. The van der Waals surface area contributed by atoms with E-state index in [2.05, 4.69) is 18.3 Å².